The van der Waals surface area contributed by atoms with Gasteiger partial charge in [-0.1, -0.05) is 25.1 Å². The maximum absolute atomic E-state index is 13.8. The number of rotatable bonds is 16. The van der Waals surface area contributed by atoms with Crippen LogP contribution in [0.2, 0.25) is 0 Å². The first-order chi connectivity index (χ1) is 20.3. The average Bonchev–Trinajstić information content (AvgIpc) is 3.30. The molecule has 0 radical (unpaired) electrons. The summed E-state index contributed by atoms with van der Waals surface area (Å²) in [6.07, 6.45) is -0.665. The van der Waals surface area contributed by atoms with Crippen LogP contribution in [0.1, 0.15) is 52.7 Å². The van der Waals surface area contributed by atoms with Crippen molar-refractivity contribution in [1.29, 1.82) is 0 Å². The van der Waals surface area contributed by atoms with Gasteiger partial charge in [0.25, 0.3) is 5.56 Å². The standard InChI is InChI=1S/C27H36N3O12P/c1-17-14-21(41-25(17)30-12-11-22(31)28-27(30)36)16-39-43(37,42-20-8-5-4-6-9-20)29-19(3)26(35)40-18(2)15-24(34)38-13-7-10-23(32)33/h4-6,8-9,11-12,17-19,21,25H,7,10,13-16H2,1-3H3,(H,29,37)(H,32,33)(H,28,31,36)/t17?,18-,19-,21?,25?,43?/m0/s1. The number of H-pyrrole nitrogens is 1. The summed E-state index contributed by atoms with van der Waals surface area (Å²) in [5.41, 5.74) is -1.16. The van der Waals surface area contributed by atoms with E-state index in [-0.39, 0.29) is 44.1 Å². The molecule has 236 valence electrons. The van der Waals surface area contributed by atoms with Crippen LogP contribution in [-0.2, 0) is 37.7 Å². The molecule has 0 amide bonds. The maximum atomic E-state index is 13.8. The van der Waals surface area contributed by atoms with Gasteiger partial charge in [0.2, 0.25) is 0 Å². The summed E-state index contributed by atoms with van der Waals surface area (Å²) < 4.78 is 42.6. The Kier molecular flexibility index (Phi) is 12.2. The molecule has 15 nitrogen and oxygen atoms in total. The van der Waals surface area contributed by atoms with Gasteiger partial charge >= 0.3 is 31.3 Å². The second-order valence-electron chi connectivity index (χ2n) is 10.1. The number of aromatic nitrogens is 2. The molecule has 1 aromatic carbocycles. The fourth-order valence-electron chi connectivity index (χ4n) is 4.22. The van der Waals surface area contributed by atoms with Gasteiger partial charge in [-0.05, 0) is 38.8 Å². The van der Waals surface area contributed by atoms with Crippen LogP contribution in [0.3, 0.4) is 0 Å². The molecule has 1 saturated heterocycles. The Bertz CT molecular complexity index is 1410. The number of esters is 2. The van der Waals surface area contributed by atoms with E-state index in [1.807, 2.05) is 6.92 Å². The third-order valence-electron chi connectivity index (χ3n) is 6.25. The number of aliphatic carboxylic acids is 1. The minimum absolute atomic E-state index is 0.0764. The Morgan fingerprint density at radius 2 is 1.91 bits per heavy atom. The highest BCUT2D eigenvalue weighted by atomic mass is 31.2. The number of benzene rings is 1. The number of nitrogens with one attached hydrogen (secondary N) is 2. The number of carbonyl (C=O) groups is 3. The number of hydrogen-bond acceptors (Lipinski definition) is 11. The zero-order valence-corrected chi connectivity index (χ0v) is 24.9. The lowest BCUT2D eigenvalue weighted by Crippen LogP contribution is -2.37. The lowest BCUT2D eigenvalue weighted by atomic mass is 10.1. The van der Waals surface area contributed by atoms with E-state index in [1.165, 1.54) is 30.7 Å². The summed E-state index contributed by atoms with van der Waals surface area (Å²) in [6.45, 7) is 4.42. The lowest BCUT2D eigenvalue weighted by molar-refractivity contribution is -0.155. The minimum Gasteiger partial charge on any atom is -0.481 e. The van der Waals surface area contributed by atoms with Crippen LogP contribution in [0, 0.1) is 5.92 Å². The van der Waals surface area contributed by atoms with E-state index in [4.69, 9.17) is 28.4 Å². The molecule has 2 aromatic rings. The molecular formula is C27H36N3O12P. The molecule has 1 aromatic heterocycles. The van der Waals surface area contributed by atoms with Gasteiger partial charge < -0.3 is 23.8 Å². The second kappa shape index (κ2) is 15.6. The van der Waals surface area contributed by atoms with Crippen molar-refractivity contribution >= 4 is 25.7 Å². The molecule has 16 heteroatoms. The number of aromatic amines is 1. The van der Waals surface area contributed by atoms with Crippen molar-refractivity contribution in [3.05, 3.63) is 63.4 Å². The topological polar surface area (TPSA) is 202 Å². The van der Waals surface area contributed by atoms with Crippen molar-refractivity contribution < 1.29 is 47.3 Å². The number of hydrogen-bond donors (Lipinski definition) is 3. The fraction of sp³-hybridized carbons (Fsp3) is 0.519. The largest absolute Gasteiger partial charge is 0.481 e. The molecule has 0 saturated carbocycles. The molecule has 6 atom stereocenters. The zero-order valence-electron chi connectivity index (χ0n) is 24.0. The van der Waals surface area contributed by atoms with Crippen LogP contribution in [0.15, 0.2) is 52.2 Å². The molecule has 2 heterocycles. The van der Waals surface area contributed by atoms with Crippen LogP contribution in [0.5, 0.6) is 5.75 Å². The van der Waals surface area contributed by atoms with E-state index in [1.54, 1.807) is 30.3 Å². The third kappa shape index (κ3) is 10.8. The Balaban J connectivity index is 1.59. The fourth-order valence-corrected chi connectivity index (χ4v) is 5.74. The summed E-state index contributed by atoms with van der Waals surface area (Å²) in [6, 6.07) is 8.17. The van der Waals surface area contributed by atoms with Crippen molar-refractivity contribution in [3.63, 3.8) is 0 Å². The average molecular weight is 626 g/mol. The number of carboxylic acids is 1. The summed E-state index contributed by atoms with van der Waals surface area (Å²) >= 11 is 0. The Morgan fingerprint density at radius 1 is 1.19 bits per heavy atom. The van der Waals surface area contributed by atoms with E-state index >= 15 is 0 Å². The molecule has 0 spiro atoms. The summed E-state index contributed by atoms with van der Waals surface area (Å²) in [7, 11) is -4.22. The van der Waals surface area contributed by atoms with Crippen molar-refractivity contribution in [1.82, 2.24) is 14.6 Å². The highest BCUT2D eigenvalue weighted by Crippen LogP contribution is 2.46. The molecule has 0 aliphatic carbocycles. The smallest absolute Gasteiger partial charge is 0.459 e. The van der Waals surface area contributed by atoms with Crippen LogP contribution in [-0.4, -0.2) is 64.0 Å². The van der Waals surface area contributed by atoms with Crippen LogP contribution >= 0.6 is 7.75 Å². The van der Waals surface area contributed by atoms with Gasteiger partial charge in [0.05, 0.1) is 25.7 Å². The zero-order chi connectivity index (χ0) is 31.6. The number of nitrogens with zero attached hydrogens (tertiary/aromatic N) is 1. The molecular weight excluding hydrogens is 589 g/mol. The number of para-hydroxylation sites is 1. The molecule has 43 heavy (non-hydrogen) atoms. The van der Waals surface area contributed by atoms with E-state index in [0.717, 1.165) is 0 Å². The molecule has 1 aliphatic heterocycles. The van der Waals surface area contributed by atoms with Crippen molar-refractivity contribution in [2.75, 3.05) is 13.2 Å². The second-order valence-corrected chi connectivity index (χ2v) is 11.8. The monoisotopic (exact) mass is 625 g/mol. The quantitative estimate of drug-likeness (QED) is 0.140. The predicted octanol–water partition coefficient (Wildman–Crippen LogP) is 2.37. The first-order valence-corrected chi connectivity index (χ1v) is 15.2. The SMILES string of the molecule is CC1CC(COP(=O)(N[C@@H](C)C(=O)O[C@@H](C)CC(=O)OCCCC(=O)O)Oc2ccccc2)OC1n1ccc(=O)[nH]c1=O. The highest BCUT2D eigenvalue weighted by molar-refractivity contribution is 7.52. The van der Waals surface area contributed by atoms with Crippen LogP contribution < -0.4 is 20.9 Å². The van der Waals surface area contributed by atoms with Gasteiger partial charge in [-0.3, -0.25) is 33.3 Å². The van der Waals surface area contributed by atoms with Crippen molar-refractivity contribution in [2.45, 2.75) is 70.9 Å². The molecule has 0 bridgehead atoms. The van der Waals surface area contributed by atoms with Gasteiger partial charge in [0.1, 0.15) is 24.1 Å². The van der Waals surface area contributed by atoms with Crippen molar-refractivity contribution in [2.24, 2.45) is 5.92 Å². The van der Waals surface area contributed by atoms with Gasteiger partial charge in [-0.15, -0.1) is 0 Å². The Morgan fingerprint density at radius 3 is 2.58 bits per heavy atom. The summed E-state index contributed by atoms with van der Waals surface area (Å²) in [4.78, 5) is 61.1. The minimum atomic E-state index is -4.22. The van der Waals surface area contributed by atoms with Crippen LogP contribution in [0.4, 0.5) is 0 Å². The number of carbonyl (C=O) groups excluding carboxylic acids is 2. The Labute approximate surface area is 247 Å². The summed E-state index contributed by atoms with van der Waals surface area (Å²) in [5, 5.41) is 11.2. The lowest BCUT2D eigenvalue weighted by Gasteiger charge is -2.25. The van der Waals surface area contributed by atoms with Crippen molar-refractivity contribution in [3.8, 4) is 5.75 Å². The van der Waals surface area contributed by atoms with Crippen LogP contribution in [0.25, 0.3) is 0 Å². The predicted molar refractivity (Wildman–Crippen MR) is 150 cm³/mol. The number of ether oxygens (including phenoxy) is 3. The molecule has 1 aliphatic rings. The first-order valence-electron chi connectivity index (χ1n) is 13.7. The van der Waals surface area contributed by atoms with E-state index in [9.17, 15) is 28.5 Å². The first kappa shape index (κ1) is 33.7. The van der Waals surface area contributed by atoms with Gasteiger partial charge in [0, 0.05) is 24.6 Å². The molecule has 1 fully saturated rings. The summed E-state index contributed by atoms with van der Waals surface area (Å²) in [5.74, 6) is -2.46. The van der Waals surface area contributed by atoms with E-state index in [2.05, 4.69) is 10.1 Å². The number of carboxylic acid groups (broad SMARTS) is 1. The van der Waals surface area contributed by atoms with E-state index < -0.39 is 61.4 Å². The Hall–Kier alpha value is -3.78. The molecule has 4 unspecified atom stereocenters. The van der Waals surface area contributed by atoms with Gasteiger partial charge in [0.15, 0.2) is 0 Å². The molecule has 3 N–H and O–H groups in total. The van der Waals surface area contributed by atoms with Gasteiger partial charge in [-0.2, -0.15) is 5.09 Å². The third-order valence-corrected chi connectivity index (χ3v) is 7.90. The molecule has 3 rings (SSSR count). The van der Waals surface area contributed by atoms with E-state index in [0.29, 0.717) is 6.42 Å². The van der Waals surface area contributed by atoms with Gasteiger partial charge in [-0.25, -0.2) is 9.36 Å². The highest BCUT2D eigenvalue weighted by Gasteiger charge is 2.38. The normalized spacial score (nSPS) is 20.9. The maximum Gasteiger partial charge on any atom is 0.459 e.